The quantitative estimate of drug-likeness (QED) is 0.661. The highest BCUT2D eigenvalue weighted by atomic mass is 32.2. The van der Waals surface area contributed by atoms with Gasteiger partial charge in [-0.3, -0.25) is 4.99 Å². The molecule has 0 aromatic heterocycles. The Hall–Kier alpha value is -0.980. The lowest BCUT2D eigenvalue weighted by molar-refractivity contribution is -0.00233. The predicted molar refractivity (Wildman–Crippen MR) is 91.4 cm³/mol. The number of aliphatic imine (C=N–C) groups is 1. The summed E-state index contributed by atoms with van der Waals surface area (Å²) in [5.74, 6) is -0.444. The molecule has 6 heteroatoms. The van der Waals surface area contributed by atoms with Crippen LogP contribution in [0.1, 0.15) is 53.8 Å². The zero-order valence-corrected chi connectivity index (χ0v) is 14.1. The molecule has 1 saturated carbocycles. The number of hydrogen-bond acceptors (Lipinski definition) is 6. The van der Waals surface area contributed by atoms with Crippen molar-refractivity contribution in [1.82, 2.24) is 0 Å². The summed E-state index contributed by atoms with van der Waals surface area (Å²) in [6, 6.07) is 7.40. The number of hydrogen-bond donors (Lipinski definition) is 1. The van der Waals surface area contributed by atoms with E-state index in [1.54, 1.807) is 23.9 Å². The zero-order valence-electron chi connectivity index (χ0n) is 12.4. The van der Waals surface area contributed by atoms with Gasteiger partial charge in [0, 0.05) is 12.9 Å². The SMILES string of the molecule is CC1=NC(OC2CCCC2)C(c2ccc(C(=O)OS)cc2)S1. The van der Waals surface area contributed by atoms with Gasteiger partial charge in [-0.1, -0.05) is 36.7 Å². The number of carbonyl (C=O) groups excluding carboxylic acids is 1. The molecule has 2 aliphatic rings. The van der Waals surface area contributed by atoms with Crippen molar-refractivity contribution in [3.63, 3.8) is 0 Å². The first kappa shape index (κ1) is 15.9. The van der Waals surface area contributed by atoms with Crippen LogP contribution in [0, 0.1) is 0 Å². The van der Waals surface area contributed by atoms with Crippen LogP contribution < -0.4 is 0 Å². The average molecular weight is 337 g/mol. The standard InChI is InChI=1S/C16H19NO3S2/c1-10-17-15(19-13-4-2-3-5-13)14(22-10)11-6-8-12(9-7-11)16(18)20-21/h6-9,13-15,21H,2-5H2,1H3. The molecule has 1 heterocycles. The molecule has 1 aliphatic carbocycles. The maximum Gasteiger partial charge on any atom is 0.349 e. The van der Waals surface area contributed by atoms with Gasteiger partial charge in [-0.2, -0.15) is 0 Å². The van der Waals surface area contributed by atoms with Gasteiger partial charge in [0.05, 0.1) is 22.0 Å². The summed E-state index contributed by atoms with van der Waals surface area (Å²) in [5, 5.41) is 1.20. The van der Waals surface area contributed by atoms with Crippen molar-refractivity contribution >= 4 is 35.7 Å². The van der Waals surface area contributed by atoms with Crippen LogP contribution >= 0.6 is 24.7 Å². The predicted octanol–water partition coefficient (Wildman–Crippen LogP) is 4.18. The fraction of sp³-hybridized carbons (Fsp3) is 0.500. The van der Waals surface area contributed by atoms with Crippen molar-refractivity contribution in [3.8, 4) is 0 Å². The zero-order chi connectivity index (χ0) is 15.5. The molecule has 1 aromatic rings. The molecular formula is C16H19NO3S2. The lowest BCUT2D eigenvalue weighted by Gasteiger charge is -2.22. The maximum atomic E-state index is 11.4. The second-order valence-electron chi connectivity index (χ2n) is 5.62. The lowest BCUT2D eigenvalue weighted by atomic mass is 10.1. The van der Waals surface area contributed by atoms with Crippen LogP contribution in [-0.2, 0) is 8.92 Å². The van der Waals surface area contributed by atoms with E-state index in [1.807, 2.05) is 19.1 Å². The molecule has 22 heavy (non-hydrogen) atoms. The van der Waals surface area contributed by atoms with Crippen LogP contribution in [-0.4, -0.2) is 23.3 Å². The molecule has 1 aliphatic heterocycles. The monoisotopic (exact) mass is 337 g/mol. The summed E-state index contributed by atoms with van der Waals surface area (Å²) in [7, 11) is 0. The molecule has 0 radical (unpaired) electrons. The fourth-order valence-corrected chi connectivity index (χ4v) is 4.11. The Morgan fingerprint density at radius 1 is 1.27 bits per heavy atom. The van der Waals surface area contributed by atoms with Crippen molar-refractivity contribution in [2.75, 3.05) is 0 Å². The van der Waals surface area contributed by atoms with Crippen molar-refractivity contribution in [2.45, 2.75) is 50.2 Å². The van der Waals surface area contributed by atoms with E-state index in [9.17, 15) is 4.79 Å². The van der Waals surface area contributed by atoms with E-state index in [-0.39, 0.29) is 11.5 Å². The van der Waals surface area contributed by atoms with Gasteiger partial charge in [-0.25, -0.2) is 4.79 Å². The Kier molecular flexibility index (Phi) is 5.10. The summed E-state index contributed by atoms with van der Waals surface area (Å²) in [6.07, 6.45) is 4.97. The molecule has 0 saturated heterocycles. The molecule has 0 spiro atoms. The van der Waals surface area contributed by atoms with Crippen LogP contribution in [0.15, 0.2) is 29.3 Å². The van der Waals surface area contributed by atoms with Crippen LogP contribution in [0.4, 0.5) is 0 Å². The molecule has 2 unspecified atom stereocenters. The number of rotatable bonds is 4. The molecule has 1 fully saturated rings. The molecule has 3 rings (SSSR count). The molecule has 0 amide bonds. The first-order valence-corrected chi connectivity index (χ1v) is 8.74. The van der Waals surface area contributed by atoms with Gasteiger partial charge in [0.15, 0.2) is 6.23 Å². The third-order valence-electron chi connectivity index (χ3n) is 4.06. The Labute approximate surface area is 140 Å². The number of benzene rings is 1. The van der Waals surface area contributed by atoms with Crippen LogP contribution in [0.2, 0.25) is 0 Å². The minimum Gasteiger partial charge on any atom is -0.391 e. The summed E-state index contributed by atoms with van der Waals surface area (Å²) >= 11 is 5.26. The van der Waals surface area contributed by atoms with Gasteiger partial charge in [0.1, 0.15) is 0 Å². The summed E-state index contributed by atoms with van der Waals surface area (Å²) in [4.78, 5) is 16.1. The average Bonchev–Trinajstić information content (AvgIpc) is 3.17. The Bertz CT molecular complexity index is 567. The second kappa shape index (κ2) is 7.06. The van der Waals surface area contributed by atoms with Crippen LogP contribution in [0.25, 0.3) is 0 Å². The fourth-order valence-electron chi connectivity index (χ4n) is 2.94. The number of carbonyl (C=O) groups is 1. The van der Waals surface area contributed by atoms with E-state index in [1.165, 1.54) is 12.8 Å². The molecule has 118 valence electrons. The highest BCUT2D eigenvalue weighted by molar-refractivity contribution is 8.14. The second-order valence-corrected chi connectivity index (χ2v) is 7.14. The summed E-state index contributed by atoms with van der Waals surface area (Å²) < 4.78 is 10.6. The Morgan fingerprint density at radius 2 is 1.95 bits per heavy atom. The van der Waals surface area contributed by atoms with E-state index >= 15 is 0 Å². The van der Waals surface area contributed by atoms with Gasteiger partial charge < -0.3 is 8.92 Å². The molecule has 0 bridgehead atoms. The van der Waals surface area contributed by atoms with E-state index in [4.69, 9.17) is 4.74 Å². The Balaban J connectivity index is 1.73. The number of ether oxygens (including phenoxy) is 1. The number of thioether (sulfide) groups is 1. The molecular weight excluding hydrogens is 318 g/mol. The van der Waals surface area contributed by atoms with Gasteiger partial charge in [-0.05, 0) is 37.5 Å². The molecule has 0 N–H and O–H groups in total. The van der Waals surface area contributed by atoms with Crippen LogP contribution in [0.3, 0.4) is 0 Å². The van der Waals surface area contributed by atoms with Crippen molar-refractivity contribution in [3.05, 3.63) is 35.4 Å². The summed E-state index contributed by atoms with van der Waals surface area (Å²) in [5.41, 5.74) is 1.61. The smallest absolute Gasteiger partial charge is 0.349 e. The molecule has 2 atom stereocenters. The number of nitrogens with zero attached hydrogens (tertiary/aromatic N) is 1. The van der Waals surface area contributed by atoms with Gasteiger partial charge >= 0.3 is 5.97 Å². The third-order valence-corrected chi connectivity index (χ3v) is 5.43. The minimum atomic E-state index is -0.444. The highest BCUT2D eigenvalue weighted by Crippen LogP contribution is 2.42. The normalized spacial score (nSPS) is 25.3. The molecule has 1 aromatic carbocycles. The third kappa shape index (κ3) is 3.50. The lowest BCUT2D eigenvalue weighted by Crippen LogP contribution is -2.21. The topological polar surface area (TPSA) is 47.9 Å². The van der Waals surface area contributed by atoms with Gasteiger partial charge in [0.25, 0.3) is 0 Å². The largest absolute Gasteiger partial charge is 0.391 e. The first-order valence-electron chi connectivity index (χ1n) is 7.49. The van der Waals surface area contributed by atoms with Gasteiger partial charge in [0.2, 0.25) is 0 Å². The number of thiol groups is 1. The van der Waals surface area contributed by atoms with E-state index in [2.05, 4.69) is 22.1 Å². The first-order chi connectivity index (χ1) is 10.7. The van der Waals surface area contributed by atoms with Crippen molar-refractivity contribution in [2.24, 2.45) is 4.99 Å². The summed E-state index contributed by atoms with van der Waals surface area (Å²) in [6.45, 7) is 2.02. The maximum absolute atomic E-state index is 11.4. The Morgan fingerprint density at radius 3 is 2.59 bits per heavy atom. The minimum absolute atomic E-state index is 0.129. The van der Waals surface area contributed by atoms with E-state index in [0.717, 1.165) is 23.4 Å². The van der Waals surface area contributed by atoms with E-state index in [0.29, 0.717) is 11.7 Å². The van der Waals surface area contributed by atoms with Crippen LogP contribution in [0.5, 0.6) is 0 Å². The highest BCUT2D eigenvalue weighted by Gasteiger charge is 2.33. The van der Waals surface area contributed by atoms with Crippen molar-refractivity contribution < 1.29 is 13.7 Å². The van der Waals surface area contributed by atoms with E-state index < -0.39 is 5.97 Å². The van der Waals surface area contributed by atoms with Gasteiger partial charge in [-0.15, -0.1) is 0 Å². The molecule has 4 nitrogen and oxygen atoms in total. The van der Waals surface area contributed by atoms with Crippen molar-refractivity contribution in [1.29, 1.82) is 0 Å².